The maximum absolute atomic E-state index is 13.1. The van der Waals surface area contributed by atoms with Crippen molar-refractivity contribution in [3.63, 3.8) is 0 Å². The van der Waals surface area contributed by atoms with Crippen molar-refractivity contribution in [3.05, 3.63) is 54.4 Å². The molecule has 1 saturated carbocycles. The number of hydrogen-bond acceptors (Lipinski definition) is 6. The fraction of sp³-hybridized carbons (Fsp3) is 0.381. The molecule has 1 heterocycles. The van der Waals surface area contributed by atoms with Crippen LogP contribution in [0.4, 0.5) is 5.69 Å². The number of nitrogens with one attached hydrogen (secondary N) is 2. The highest BCUT2D eigenvalue weighted by Gasteiger charge is 2.36. The number of aliphatic imine (C=N–C) groups is 1. The average molecular weight is 428 g/mol. The molecule has 1 fully saturated rings. The number of sulfone groups is 1. The maximum Gasteiger partial charge on any atom is 0.209 e. The van der Waals surface area contributed by atoms with Gasteiger partial charge < -0.3 is 10.1 Å². The van der Waals surface area contributed by atoms with Crippen LogP contribution < -0.4 is 10.6 Å². The SMILES string of the molecule is COC1CCCCC1S(=O)(=O)c1ccc(CN=C(NC#N)Nc2ccncc2)cc1. The molecule has 8 nitrogen and oxygen atoms in total. The largest absolute Gasteiger partial charge is 0.380 e. The van der Waals surface area contributed by atoms with Gasteiger partial charge >= 0.3 is 0 Å². The summed E-state index contributed by atoms with van der Waals surface area (Å²) in [4.78, 5) is 8.61. The van der Waals surface area contributed by atoms with E-state index in [2.05, 4.69) is 20.6 Å². The second-order valence-corrected chi connectivity index (χ2v) is 9.22. The Labute approximate surface area is 176 Å². The first-order chi connectivity index (χ1) is 14.5. The van der Waals surface area contributed by atoms with Crippen LogP contribution in [-0.2, 0) is 21.1 Å². The Bertz CT molecular complexity index is 1000. The zero-order valence-electron chi connectivity index (χ0n) is 16.8. The van der Waals surface area contributed by atoms with Crippen molar-refractivity contribution in [2.24, 2.45) is 4.99 Å². The fourth-order valence-corrected chi connectivity index (χ4v) is 5.54. The zero-order valence-corrected chi connectivity index (χ0v) is 17.6. The molecule has 3 rings (SSSR count). The summed E-state index contributed by atoms with van der Waals surface area (Å²) in [5.41, 5.74) is 1.57. The van der Waals surface area contributed by atoms with E-state index in [9.17, 15) is 8.42 Å². The van der Waals surface area contributed by atoms with Crippen molar-refractivity contribution in [2.75, 3.05) is 12.4 Å². The average Bonchev–Trinajstić information content (AvgIpc) is 2.78. The van der Waals surface area contributed by atoms with Crippen molar-refractivity contribution in [2.45, 2.75) is 48.5 Å². The lowest BCUT2D eigenvalue weighted by Gasteiger charge is -2.30. The minimum Gasteiger partial charge on any atom is -0.380 e. The summed E-state index contributed by atoms with van der Waals surface area (Å²) >= 11 is 0. The topological polar surface area (TPSA) is 116 Å². The molecule has 0 spiro atoms. The van der Waals surface area contributed by atoms with E-state index in [1.54, 1.807) is 55.9 Å². The van der Waals surface area contributed by atoms with Gasteiger partial charge in [-0.2, -0.15) is 5.26 Å². The number of rotatable bonds is 6. The number of ether oxygens (including phenoxy) is 1. The molecule has 2 aromatic rings. The minimum absolute atomic E-state index is 0.257. The second kappa shape index (κ2) is 10.2. The molecule has 0 bridgehead atoms. The molecule has 30 heavy (non-hydrogen) atoms. The molecule has 0 aliphatic heterocycles. The van der Waals surface area contributed by atoms with Crippen molar-refractivity contribution in [1.29, 1.82) is 5.26 Å². The Hall–Kier alpha value is -2.96. The van der Waals surface area contributed by atoms with Crippen LogP contribution in [0.25, 0.3) is 0 Å². The molecule has 158 valence electrons. The van der Waals surface area contributed by atoms with Gasteiger partial charge in [0.15, 0.2) is 16.0 Å². The minimum atomic E-state index is -3.46. The molecule has 2 atom stereocenters. The van der Waals surface area contributed by atoms with Gasteiger partial charge in [0.25, 0.3) is 0 Å². The number of hydrogen-bond donors (Lipinski definition) is 2. The third kappa shape index (κ3) is 5.34. The van der Waals surface area contributed by atoms with Crippen LogP contribution in [0.15, 0.2) is 58.7 Å². The first-order valence-corrected chi connectivity index (χ1v) is 11.3. The lowest BCUT2D eigenvalue weighted by atomic mass is 9.97. The molecule has 1 aliphatic rings. The summed E-state index contributed by atoms with van der Waals surface area (Å²) in [6, 6.07) is 10.2. The van der Waals surface area contributed by atoms with E-state index < -0.39 is 15.1 Å². The van der Waals surface area contributed by atoms with Gasteiger partial charge in [-0.15, -0.1) is 0 Å². The fourth-order valence-electron chi connectivity index (χ4n) is 3.55. The third-order valence-electron chi connectivity index (χ3n) is 5.13. The van der Waals surface area contributed by atoms with Crippen LogP contribution in [-0.4, -0.2) is 37.8 Å². The number of nitrogens with zero attached hydrogens (tertiary/aromatic N) is 3. The Morgan fingerprint density at radius 2 is 1.90 bits per heavy atom. The summed E-state index contributed by atoms with van der Waals surface area (Å²) in [6.07, 6.45) is 8.14. The second-order valence-electron chi connectivity index (χ2n) is 7.05. The molecule has 1 aromatic heterocycles. The van der Waals surface area contributed by atoms with Crippen LogP contribution in [0, 0.1) is 11.5 Å². The monoisotopic (exact) mass is 427 g/mol. The number of aromatic nitrogens is 1. The summed E-state index contributed by atoms with van der Waals surface area (Å²) in [5, 5.41) is 13.9. The van der Waals surface area contributed by atoms with E-state index in [1.807, 2.05) is 6.19 Å². The highest BCUT2D eigenvalue weighted by Crippen LogP contribution is 2.30. The Balaban J connectivity index is 1.71. The lowest BCUT2D eigenvalue weighted by Crippen LogP contribution is -2.38. The van der Waals surface area contributed by atoms with Gasteiger partial charge in [-0.25, -0.2) is 13.4 Å². The highest BCUT2D eigenvalue weighted by atomic mass is 32.2. The first kappa shape index (κ1) is 21.7. The van der Waals surface area contributed by atoms with Gasteiger partial charge in [-0.05, 0) is 42.7 Å². The standard InChI is InChI=1S/C21H25N5O3S/c1-29-19-4-2-3-5-20(19)30(27,28)18-8-6-16(7-9-18)14-24-21(25-15-22)26-17-10-12-23-13-11-17/h6-13,19-20H,2-5,14H2,1H3,(H2,23,24,25,26). The molecule has 0 amide bonds. The molecule has 0 radical (unpaired) electrons. The molecular formula is C21H25N5O3S. The normalized spacial score (nSPS) is 19.7. The van der Waals surface area contributed by atoms with Crippen LogP contribution >= 0.6 is 0 Å². The predicted octanol–water partition coefficient (Wildman–Crippen LogP) is 2.85. The number of nitriles is 1. The van der Waals surface area contributed by atoms with Crippen LogP contribution in [0.3, 0.4) is 0 Å². The van der Waals surface area contributed by atoms with Gasteiger partial charge in [0.1, 0.15) is 0 Å². The summed E-state index contributed by atoms with van der Waals surface area (Å²) in [6.45, 7) is 0.284. The number of pyridine rings is 1. The highest BCUT2D eigenvalue weighted by molar-refractivity contribution is 7.92. The van der Waals surface area contributed by atoms with E-state index in [-0.39, 0.29) is 12.6 Å². The number of guanidine groups is 1. The van der Waals surface area contributed by atoms with E-state index >= 15 is 0 Å². The van der Waals surface area contributed by atoms with Crippen LogP contribution in [0.5, 0.6) is 0 Å². The van der Waals surface area contributed by atoms with Crippen molar-refractivity contribution in [3.8, 4) is 6.19 Å². The van der Waals surface area contributed by atoms with Crippen LogP contribution in [0.2, 0.25) is 0 Å². The molecule has 0 saturated heterocycles. The lowest BCUT2D eigenvalue weighted by molar-refractivity contribution is 0.0738. The Morgan fingerprint density at radius 1 is 1.20 bits per heavy atom. The van der Waals surface area contributed by atoms with Gasteiger partial charge in [0, 0.05) is 25.2 Å². The first-order valence-electron chi connectivity index (χ1n) is 9.77. The summed E-state index contributed by atoms with van der Waals surface area (Å²) in [7, 11) is -1.88. The molecule has 1 aliphatic carbocycles. The zero-order chi connectivity index (χ0) is 21.4. The van der Waals surface area contributed by atoms with Gasteiger partial charge in [0.05, 0.1) is 22.8 Å². The molecular weight excluding hydrogens is 402 g/mol. The summed E-state index contributed by atoms with van der Waals surface area (Å²) in [5.74, 6) is 0.297. The molecule has 2 unspecified atom stereocenters. The van der Waals surface area contributed by atoms with Crippen molar-refractivity contribution >= 4 is 21.5 Å². The smallest absolute Gasteiger partial charge is 0.209 e. The molecule has 9 heteroatoms. The van der Waals surface area contributed by atoms with E-state index in [1.165, 1.54) is 0 Å². The van der Waals surface area contributed by atoms with Gasteiger partial charge in [0.2, 0.25) is 5.96 Å². The van der Waals surface area contributed by atoms with E-state index in [0.29, 0.717) is 17.3 Å². The Morgan fingerprint density at radius 3 is 2.57 bits per heavy atom. The number of methoxy groups -OCH3 is 1. The predicted molar refractivity (Wildman–Crippen MR) is 114 cm³/mol. The van der Waals surface area contributed by atoms with Gasteiger partial charge in [-0.1, -0.05) is 25.0 Å². The Kier molecular flexibility index (Phi) is 7.38. The molecule has 2 N–H and O–H groups in total. The molecule has 1 aromatic carbocycles. The van der Waals surface area contributed by atoms with Crippen molar-refractivity contribution < 1.29 is 13.2 Å². The number of benzene rings is 1. The van der Waals surface area contributed by atoms with Crippen molar-refractivity contribution in [1.82, 2.24) is 10.3 Å². The van der Waals surface area contributed by atoms with Gasteiger partial charge in [-0.3, -0.25) is 10.3 Å². The summed E-state index contributed by atoms with van der Waals surface area (Å²) < 4.78 is 31.5. The van der Waals surface area contributed by atoms with E-state index in [4.69, 9.17) is 10.00 Å². The number of anilines is 1. The van der Waals surface area contributed by atoms with E-state index in [0.717, 1.165) is 30.5 Å². The third-order valence-corrected chi connectivity index (χ3v) is 7.40. The quantitative estimate of drug-likeness (QED) is 0.315. The maximum atomic E-state index is 13.1. The van der Waals surface area contributed by atoms with Crippen LogP contribution in [0.1, 0.15) is 31.2 Å².